The highest BCUT2D eigenvalue weighted by atomic mass is 32.2. The molecule has 0 unspecified atom stereocenters. The fourth-order valence-corrected chi connectivity index (χ4v) is 0.721. The van der Waals surface area contributed by atoms with Crippen molar-refractivity contribution in [2.45, 2.75) is 6.92 Å². The minimum absolute atomic E-state index is 0.322. The molecule has 0 bridgehead atoms. The summed E-state index contributed by atoms with van der Waals surface area (Å²) >= 11 is 0. The third kappa shape index (κ3) is 7.39. The number of rotatable bonds is 3. The maximum atomic E-state index is 10.1. The van der Waals surface area contributed by atoms with E-state index in [1.165, 1.54) is 6.08 Å². The van der Waals surface area contributed by atoms with Crippen LogP contribution in [-0.4, -0.2) is 18.7 Å². The predicted octanol–water partition coefficient (Wildman–Crippen LogP) is 1.01. The van der Waals surface area contributed by atoms with Crippen molar-refractivity contribution < 1.29 is 13.0 Å². The fraction of sp³-hybridized carbons (Fsp3) is 0.333. The lowest BCUT2D eigenvalue weighted by molar-refractivity contribution is 0.487. The molecule has 0 aromatic carbocycles. The second kappa shape index (κ2) is 4.24. The normalized spacial score (nSPS) is 13.4. The van der Waals surface area contributed by atoms with E-state index >= 15 is 0 Å². The maximum Gasteiger partial charge on any atom is 0.268 e. The summed E-state index contributed by atoms with van der Waals surface area (Å²) in [6, 6.07) is 0. The molecule has 0 saturated carbocycles. The Kier molecular flexibility index (Phi) is 3.99. The molecular weight excluding hydrogens is 152 g/mol. The van der Waals surface area contributed by atoms with Gasteiger partial charge in [-0.3, -0.25) is 4.55 Å². The lowest BCUT2D eigenvalue weighted by atomic mass is 10.5. The van der Waals surface area contributed by atoms with Gasteiger partial charge in [-0.2, -0.15) is 8.42 Å². The first-order valence-electron chi connectivity index (χ1n) is 2.79. The standard InChI is InChI=1S/C6H10O3S/c1-2-3-4-5-6-10(7,8)9/h2-5H,6H2,1H3,(H,7,8,9). The van der Waals surface area contributed by atoms with Crippen molar-refractivity contribution in [3.63, 3.8) is 0 Å². The Morgan fingerprint density at radius 2 is 2.00 bits per heavy atom. The van der Waals surface area contributed by atoms with Gasteiger partial charge in [-0.25, -0.2) is 0 Å². The van der Waals surface area contributed by atoms with Gasteiger partial charge in [0.25, 0.3) is 10.1 Å². The molecule has 0 atom stereocenters. The third-order valence-corrected chi connectivity index (χ3v) is 1.36. The van der Waals surface area contributed by atoms with E-state index in [-0.39, 0.29) is 5.75 Å². The highest BCUT2D eigenvalue weighted by Crippen LogP contribution is 1.84. The molecule has 0 amide bonds. The Bertz CT molecular complexity index is 223. The molecule has 0 spiro atoms. The zero-order chi connectivity index (χ0) is 8.04. The molecule has 0 fully saturated rings. The zero-order valence-electron chi connectivity index (χ0n) is 5.69. The van der Waals surface area contributed by atoms with Crippen LogP contribution < -0.4 is 0 Å². The average molecular weight is 162 g/mol. The molecule has 58 valence electrons. The molecule has 0 aliphatic carbocycles. The Morgan fingerprint density at radius 1 is 1.40 bits per heavy atom. The Morgan fingerprint density at radius 3 is 2.40 bits per heavy atom. The monoisotopic (exact) mass is 162 g/mol. The van der Waals surface area contributed by atoms with Crippen LogP contribution in [0.25, 0.3) is 0 Å². The SMILES string of the molecule is CC=CC=CCS(=O)(=O)O. The zero-order valence-corrected chi connectivity index (χ0v) is 6.50. The minimum atomic E-state index is -3.83. The summed E-state index contributed by atoms with van der Waals surface area (Å²) in [4.78, 5) is 0. The molecule has 4 heteroatoms. The number of hydrogen-bond donors (Lipinski definition) is 1. The van der Waals surface area contributed by atoms with Gasteiger partial charge in [0.15, 0.2) is 0 Å². The Balaban J connectivity index is 3.76. The molecule has 0 heterocycles. The number of hydrogen-bond acceptors (Lipinski definition) is 2. The molecule has 0 rings (SSSR count). The van der Waals surface area contributed by atoms with Crippen molar-refractivity contribution in [1.82, 2.24) is 0 Å². The molecule has 0 aliphatic rings. The van der Waals surface area contributed by atoms with Crippen molar-refractivity contribution in [2.75, 3.05) is 5.75 Å². The summed E-state index contributed by atoms with van der Waals surface area (Å²) in [5.74, 6) is -0.322. The van der Waals surface area contributed by atoms with Gasteiger partial charge in [-0.15, -0.1) is 0 Å². The van der Waals surface area contributed by atoms with Gasteiger partial charge in [-0.05, 0) is 6.92 Å². The van der Waals surface area contributed by atoms with E-state index in [0.717, 1.165) is 0 Å². The van der Waals surface area contributed by atoms with E-state index in [4.69, 9.17) is 4.55 Å². The van der Waals surface area contributed by atoms with Crippen molar-refractivity contribution >= 4 is 10.1 Å². The van der Waals surface area contributed by atoms with Crippen LogP contribution >= 0.6 is 0 Å². The second-order valence-corrected chi connectivity index (χ2v) is 3.20. The van der Waals surface area contributed by atoms with E-state index in [0.29, 0.717) is 0 Å². The van der Waals surface area contributed by atoms with E-state index in [1.54, 1.807) is 18.2 Å². The van der Waals surface area contributed by atoms with Crippen LogP contribution in [0.2, 0.25) is 0 Å². The van der Waals surface area contributed by atoms with Crippen LogP contribution in [0.4, 0.5) is 0 Å². The van der Waals surface area contributed by atoms with Gasteiger partial charge in [0, 0.05) is 0 Å². The van der Waals surface area contributed by atoms with Gasteiger partial charge in [0.1, 0.15) is 0 Å². The molecular formula is C6H10O3S. The molecule has 0 aliphatic heterocycles. The molecule has 3 nitrogen and oxygen atoms in total. The predicted molar refractivity (Wildman–Crippen MR) is 40.4 cm³/mol. The number of allylic oxidation sites excluding steroid dienone is 3. The van der Waals surface area contributed by atoms with E-state index < -0.39 is 10.1 Å². The largest absolute Gasteiger partial charge is 0.285 e. The Hall–Kier alpha value is -0.610. The first-order chi connectivity index (χ1) is 4.56. The fourth-order valence-electron chi connectivity index (χ4n) is 0.367. The summed E-state index contributed by atoms with van der Waals surface area (Å²) in [5.41, 5.74) is 0. The van der Waals surface area contributed by atoms with E-state index in [2.05, 4.69) is 0 Å². The van der Waals surface area contributed by atoms with Crippen LogP contribution in [0.5, 0.6) is 0 Å². The lowest BCUT2D eigenvalue weighted by Crippen LogP contribution is -1.99. The molecule has 10 heavy (non-hydrogen) atoms. The van der Waals surface area contributed by atoms with Crippen LogP contribution in [0.1, 0.15) is 6.92 Å². The summed E-state index contributed by atoms with van der Waals surface area (Å²) < 4.78 is 28.4. The highest BCUT2D eigenvalue weighted by molar-refractivity contribution is 7.85. The van der Waals surface area contributed by atoms with Gasteiger partial charge < -0.3 is 0 Å². The average Bonchev–Trinajstić information content (AvgIpc) is 1.78. The third-order valence-electron chi connectivity index (χ3n) is 0.746. The highest BCUT2D eigenvalue weighted by Gasteiger charge is 1.96. The van der Waals surface area contributed by atoms with Crippen LogP contribution in [-0.2, 0) is 10.1 Å². The summed E-state index contributed by atoms with van der Waals surface area (Å²) in [5, 5.41) is 0. The maximum absolute atomic E-state index is 10.1. The molecule has 1 N–H and O–H groups in total. The first-order valence-corrected chi connectivity index (χ1v) is 4.40. The summed E-state index contributed by atoms with van der Waals surface area (Å²) in [6.45, 7) is 1.82. The molecule has 0 radical (unpaired) electrons. The van der Waals surface area contributed by atoms with Crippen molar-refractivity contribution in [3.05, 3.63) is 24.3 Å². The van der Waals surface area contributed by atoms with Crippen LogP contribution in [0.15, 0.2) is 24.3 Å². The quantitative estimate of drug-likeness (QED) is 0.497. The Labute approximate surface area is 60.8 Å². The van der Waals surface area contributed by atoms with Gasteiger partial charge in [0.2, 0.25) is 0 Å². The van der Waals surface area contributed by atoms with Crippen molar-refractivity contribution in [1.29, 1.82) is 0 Å². The molecule has 0 aromatic heterocycles. The van der Waals surface area contributed by atoms with Gasteiger partial charge in [-0.1, -0.05) is 24.3 Å². The lowest BCUT2D eigenvalue weighted by Gasteiger charge is -1.84. The van der Waals surface area contributed by atoms with Crippen LogP contribution in [0, 0.1) is 0 Å². The van der Waals surface area contributed by atoms with Crippen molar-refractivity contribution in [2.24, 2.45) is 0 Å². The summed E-state index contributed by atoms with van der Waals surface area (Å²) in [7, 11) is -3.83. The van der Waals surface area contributed by atoms with Gasteiger partial charge in [0.05, 0.1) is 5.75 Å². The van der Waals surface area contributed by atoms with E-state index in [1.807, 2.05) is 6.92 Å². The first kappa shape index (κ1) is 9.39. The summed E-state index contributed by atoms with van der Waals surface area (Å²) in [6.07, 6.45) is 6.38. The minimum Gasteiger partial charge on any atom is -0.285 e. The second-order valence-electron chi connectivity index (χ2n) is 1.70. The molecule has 0 saturated heterocycles. The van der Waals surface area contributed by atoms with Crippen LogP contribution in [0.3, 0.4) is 0 Å². The van der Waals surface area contributed by atoms with Crippen molar-refractivity contribution in [3.8, 4) is 0 Å². The smallest absolute Gasteiger partial charge is 0.268 e. The van der Waals surface area contributed by atoms with Gasteiger partial charge >= 0.3 is 0 Å². The molecule has 0 aromatic rings. The topological polar surface area (TPSA) is 54.4 Å². The van der Waals surface area contributed by atoms with E-state index in [9.17, 15) is 8.42 Å².